The number of aryl methyl sites for hydroxylation is 2. The second-order valence-electron chi connectivity index (χ2n) is 3.95. The van der Waals surface area contributed by atoms with E-state index >= 15 is 0 Å². The number of aromatic nitrogens is 3. The topological polar surface area (TPSA) is 60.0 Å². The van der Waals surface area contributed by atoms with Gasteiger partial charge in [-0.25, -0.2) is 4.79 Å². The number of hydrogen-bond acceptors (Lipinski definition) is 2. The van der Waals surface area contributed by atoms with Crippen molar-refractivity contribution < 1.29 is 9.90 Å². The van der Waals surface area contributed by atoms with Crippen LogP contribution in [0.5, 0.6) is 0 Å². The Hall–Kier alpha value is -2.04. The molecule has 2 aromatic heterocycles. The largest absolute Gasteiger partial charge is 0.477 e. The SMILES string of the molecule is CCc1nn(C)cc1Cn1cccc1C(=O)O. The maximum atomic E-state index is 11.0. The minimum absolute atomic E-state index is 0.302. The van der Waals surface area contributed by atoms with Crippen molar-refractivity contribution in [2.45, 2.75) is 19.9 Å². The third kappa shape index (κ3) is 2.22. The highest BCUT2D eigenvalue weighted by atomic mass is 16.4. The number of rotatable bonds is 4. The summed E-state index contributed by atoms with van der Waals surface area (Å²) in [5.74, 6) is -0.906. The maximum absolute atomic E-state index is 11.0. The van der Waals surface area contributed by atoms with Gasteiger partial charge in [0.25, 0.3) is 0 Å². The highest BCUT2D eigenvalue weighted by Crippen LogP contribution is 2.12. The number of aromatic carboxylic acids is 1. The molecular formula is C12H15N3O2. The van der Waals surface area contributed by atoms with Gasteiger partial charge < -0.3 is 9.67 Å². The summed E-state index contributed by atoms with van der Waals surface area (Å²) in [6.07, 6.45) is 4.56. The number of carboxylic acid groups (broad SMARTS) is 1. The zero-order chi connectivity index (χ0) is 12.4. The first-order chi connectivity index (χ1) is 8.11. The molecule has 0 aromatic carbocycles. The lowest BCUT2D eigenvalue weighted by atomic mass is 10.2. The van der Waals surface area contributed by atoms with Crippen molar-refractivity contribution in [3.8, 4) is 0 Å². The zero-order valence-corrected chi connectivity index (χ0v) is 9.92. The molecule has 0 spiro atoms. The van der Waals surface area contributed by atoms with Crippen molar-refractivity contribution in [3.63, 3.8) is 0 Å². The van der Waals surface area contributed by atoms with Crippen LogP contribution in [-0.4, -0.2) is 25.4 Å². The molecule has 2 heterocycles. The number of hydrogen-bond donors (Lipinski definition) is 1. The standard InChI is InChI=1S/C12H15N3O2/c1-3-10-9(7-14(2)13-10)8-15-6-4-5-11(15)12(16)17/h4-7H,3,8H2,1-2H3,(H,16,17). The summed E-state index contributed by atoms with van der Waals surface area (Å²) >= 11 is 0. The number of carbonyl (C=O) groups is 1. The Morgan fingerprint density at radius 3 is 2.94 bits per heavy atom. The molecule has 0 aliphatic rings. The normalized spacial score (nSPS) is 10.7. The van der Waals surface area contributed by atoms with E-state index in [1.807, 2.05) is 20.2 Å². The van der Waals surface area contributed by atoms with Gasteiger partial charge in [0.15, 0.2) is 0 Å². The first-order valence-corrected chi connectivity index (χ1v) is 5.51. The van der Waals surface area contributed by atoms with Crippen LogP contribution in [0.2, 0.25) is 0 Å². The second kappa shape index (κ2) is 4.45. The van der Waals surface area contributed by atoms with E-state index in [2.05, 4.69) is 5.10 Å². The highest BCUT2D eigenvalue weighted by Gasteiger charge is 2.12. The molecule has 2 aromatic rings. The van der Waals surface area contributed by atoms with Crippen molar-refractivity contribution in [3.05, 3.63) is 41.5 Å². The Balaban J connectivity index is 2.31. The first kappa shape index (κ1) is 11.4. The van der Waals surface area contributed by atoms with E-state index in [9.17, 15) is 4.79 Å². The van der Waals surface area contributed by atoms with Crippen LogP contribution in [0.4, 0.5) is 0 Å². The fraction of sp³-hybridized carbons (Fsp3) is 0.333. The summed E-state index contributed by atoms with van der Waals surface area (Å²) in [4.78, 5) is 11.0. The van der Waals surface area contributed by atoms with Gasteiger partial charge in [-0.05, 0) is 18.6 Å². The van der Waals surface area contributed by atoms with Crippen LogP contribution in [0.1, 0.15) is 28.7 Å². The monoisotopic (exact) mass is 233 g/mol. The van der Waals surface area contributed by atoms with Gasteiger partial charge in [0.05, 0.1) is 12.2 Å². The molecule has 0 amide bonds. The Bertz CT molecular complexity index is 540. The van der Waals surface area contributed by atoms with Crippen molar-refractivity contribution in [1.82, 2.24) is 14.3 Å². The second-order valence-corrected chi connectivity index (χ2v) is 3.95. The lowest BCUT2D eigenvalue weighted by Crippen LogP contribution is -2.09. The third-order valence-corrected chi connectivity index (χ3v) is 2.72. The average Bonchev–Trinajstić information content (AvgIpc) is 2.85. The van der Waals surface area contributed by atoms with Gasteiger partial charge in [0.2, 0.25) is 0 Å². The maximum Gasteiger partial charge on any atom is 0.352 e. The predicted molar refractivity (Wildman–Crippen MR) is 63.1 cm³/mol. The molecule has 0 atom stereocenters. The van der Waals surface area contributed by atoms with Gasteiger partial charge in [-0.2, -0.15) is 5.10 Å². The minimum atomic E-state index is -0.906. The van der Waals surface area contributed by atoms with Gasteiger partial charge in [-0.1, -0.05) is 6.92 Å². The Morgan fingerprint density at radius 2 is 2.29 bits per heavy atom. The van der Waals surface area contributed by atoms with E-state index in [0.717, 1.165) is 17.7 Å². The van der Waals surface area contributed by atoms with E-state index in [1.165, 1.54) is 0 Å². The molecule has 2 rings (SSSR count). The summed E-state index contributed by atoms with van der Waals surface area (Å²) in [6, 6.07) is 3.34. The summed E-state index contributed by atoms with van der Waals surface area (Å²) in [5, 5.41) is 13.4. The Labute approximate surface area is 99.3 Å². The first-order valence-electron chi connectivity index (χ1n) is 5.51. The van der Waals surface area contributed by atoms with Crippen molar-refractivity contribution in [2.75, 3.05) is 0 Å². The molecule has 0 unspecified atom stereocenters. The van der Waals surface area contributed by atoms with Gasteiger partial charge in [0, 0.05) is 25.0 Å². The van der Waals surface area contributed by atoms with Gasteiger partial charge in [-0.15, -0.1) is 0 Å². The number of carboxylic acids is 1. The lowest BCUT2D eigenvalue weighted by molar-refractivity contribution is 0.0685. The quantitative estimate of drug-likeness (QED) is 0.871. The van der Waals surface area contributed by atoms with Crippen LogP contribution in [0.15, 0.2) is 24.5 Å². The van der Waals surface area contributed by atoms with Gasteiger partial charge in [0.1, 0.15) is 5.69 Å². The average molecular weight is 233 g/mol. The van der Waals surface area contributed by atoms with Crippen LogP contribution in [0.3, 0.4) is 0 Å². The Morgan fingerprint density at radius 1 is 1.53 bits per heavy atom. The van der Waals surface area contributed by atoms with Crippen molar-refractivity contribution in [1.29, 1.82) is 0 Å². The summed E-state index contributed by atoms with van der Waals surface area (Å²) in [6.45, 7) is 2.59. The summed E-state index contributed by atoms with van der Waals surface area (Å²) in [5.41, 5.74) is 2.38. The molecule has 1 N–H and O–H groups in total. The third-order valence-electron chi connectivity index (χ3n) is 2.72. The number of nitrogens with zero attached hydrogens (tertiary/aromatic N) is 3. The molecule has 0 fully saturated rings. The predicted octanol–water partition coefficient (Wildman–Crippen LogP) is 1.53. The highest BCUT2D eigenvalue weighted by molar-refractivity contribution is 5.85. The van der Waals surface area contributed by atoms with Crippen LogP contribution in [-0.2, 0) is 20.0 Å². The van der Waals surface area contributed by atoms with E-state index < -0.39 is 5.97 Å². The minimum Gasteiger partial charge on any atom is -0.477 e. The van der Waals surface area contributed by atoms with Crippen LogP contribution in [0, 0.1) is 0 Å². The van der Waals surface area contributed by atoms with Gasteiger partial charge >= 0.3 is 5.97 Å². The molecule has 0 bridgehead atoms. The van der Waals surface area contributed by atoms with Crippen LogP contribution < -0.4 is 0 Å². The molecule has 5 nitrogen and oxygen atoms in total. The fourth-order valence-corrected chi connectivity index (χ4v) is 1.94. The van der Waals surface area contributed by atoms with E-state index in [-0.39, 0.29) is 0 Å². The Kier molecular flexibility index (Phi) is 2.99. The van der Waals surface area contributed by atoms with E-state index in [0.29, 0.717) is 12.2 Å². The molecular weight excluding hydrogens is 218 g/mol. The smallest absolute Gasteiger partial charge is 0.352 e. The molecule has 5 heteroatoms. The van der Waals surface area contributed by atoms with Crippen LogP contribution >= 0.6 is 0 Å². The van der Waals surface area contributed by atoms with E-state index in [1.54, 1.807) is 27.6 Å². The summed E-state index contributed by atoms with van der Waals surface area (Å²) in [7, 11) is 1.87. The van der Waals surface area contributed by atoms with E-state index in [4.69, 9.17) is 5.11 Å². The summed E-state index contributed by atoms with van der Waals surface area (Å²) < 4.78 is 3.48. The van der Waals surface area contributed by atoms with Crippen molar-refractivity contribution >= 4 is 5.97 Å². The fourth-order valence-electron chi connectivity index (χ4n) is 1.94. The molecule has 0 saturated carbocycles. The molecule has 17 heavy (non-hydrogen) atoms. The molecule has 0 saturated heterocycles. The molecule has 0 aliphatic carbocycles. The lowest BCUT2D eigenvalue weighted by Gasteiger charge is -2.05. The molecule has 0 aliphatic heterocycles. The molecule has 90 valence electrons. The zero-order valence-electron chi connectivity index (χ0n) is 9.92. The van der Waals surface area contributed by atoms with Gasteiger partial charge in [-0.3, -0.25) is 4.68 Å². The molecule has 0 radical (unpaired) electrons. The van der Waals surface area contributed by atoms with Crippen molar-refractivity contribution in [2.24, 2.45) is 7.05 Å². The van der Waals surface area contributed by atoms with Crippen LogP contribution in [0.25, 0.3) is 0 Å².